The molecule has 4 nitrogen and oxygen atoms in total. The van der Waals surface area contributed by atoms with Crippen LogP contribution in [0.25, 0.3) is 21.0 Å². The first-order valence-corrected chi connectivity index (χ1v) is 9.01. The monoisotopic (exact) mass is 334 g/mol. The molecule has 1 N–H and O–H groups in total. The lowest BCUT2D eigenvalue weighted by atomic mass is 10.2. The summed E-state index contributed by atoms with van der Waals surface area (Å²) in [6.45, 7) is 0.568. The number of nitrogens with one attached hydrogen (secondary N) is 1. The summed E-state index contributed by atoms with van der Waals surface area (Å²) in [4.78, 5) is 22.5. The Bertz CT molecular complexity index is 1140. The van der Waals surface area contributed by atoms with E-state index in [-0.39, 0.29) is 5.56 Å². The van der Waals surface area contributed by atoms with Crippen LogP contribution in [0.2, 0.25) is 0 Å². The molecule has 0 fully saturated rings. The van der Waals surface area contributed by atoms with Gasteiger partial charge in [-0.1, -0.05) is 18.2 Å². The van der Waals surface area contributed by atoms with Gasteiger partial charge in [0, 0.05) is 16.3 Å². The average Bonchev–Trinajstić information content (AvgIpc) is 3.15. The van der Waals surface area contributed by atoms with E-state index in [9.17, 15) is 4.79 Å². The number of hydrogen-bond acceptors (Lipinski definition) is 3. The molecule has 1 aliphatic carbocycles. The van der Waals surface area contributed by atoms with E-state index in [0.717, 1.165) is 29.5 Å². The molecule has 3 heterocycles. The maximum absolute atomic E-state index is 12.5. The van der Waals surface area contributed by atoms with E-state index in [1.165, 1.54) is 21.2 Å². The summed E-state index contributed by atoms with van der Waals surface area (Å²) in [6.07, 6.45) is 7.38. The van der Waals surface area contributed by atoms with Crippen LogP contribution in [-0.4, -0.2) is 9.97 Å². The largest absolute Gasteiger partial charge is 0.305 e. The number of aryl methyl sites for hydroxylation is 2. The first kappa shape index (κ1) is 13.9. The highest BCUT2D eigenvalue weighted by Gasteiger charge is 2.21. The minimum absolute atomic E-state index is 0.00999. The lowest BCUT2D eigenvalue weighted by Gasteiger charge is -2.00. The second-order valence-electron chi connectivity index (χ2n) is 6.30. The predicted molar refractivity (Wildman–Crippen MR) is 95.5 cm³/mol. The van der Waals surface area contributed by atoms with Crippen molar-refractivity contribution in [1.82, 2.24) is 9.97 Å². The zero-order valence-electron chi connectivity index (χ0n) is 13.1. The van der Waals surface area contributed by atoms with Crippen molar-refractivity contribution in [3.63, 3.8) is 0 Å². The Morgan fingerprint density at radius 2 is 2.04 bits per heavy atom. The van der Waals surface area contributed by atoms with E-state index in [4.69, 9.17) is 4.98 Å². The third-order valence-corrected chi connectivity index (χ3v) is 5.89. The number of aromatic nitrogens is 3. The van der Waals surface area contributed by atoms with Crippen LogP contribution in [0.15, 0.2) is 47.5 Å². The average molecular weight is 334 g/mol. The first-order valence-electron chi connectivity index (χ1n) is 8.19. The molecule has 0 saturated heterocycles. The smallest absolute Gasteiger partial charge is 0.260 e. The SMILES string of the molecule is O=c1[nH]c(C[n+]2ccc3ccccc3c2)nc2sc3c(c12)CCC3. The molecule has 1 aromatic carbocycles. The quantitative estimate of drug-likeness (QED) is 0.573. The van der Waals surface area contributed by atoms with Crippen LogP contribution >= 0.6 is 11.3 Å². The van der Waals surface area contributed by atoms with Crippen molar-refractivity contribution < 1.29 is 4.57 Å². The summed E-state index contributed by atoms with van der Waals surface area (Å²) < 4.78 is 2.06. The van der Waals surface area contributed by atoms with Crippen molar-refractivity contribution in [2.75, 3.05) is 0 Å². The minimum atomic E-state index is 0.00999. The number of aromatic amines is 1. The highest BCUT2D eigenvalue weighted by Crippen LogP contribution is 2.34. The molecule has 5 rings (SSSR count). The van der Waals surface area contributed by atoms with Crippen molar-refractivity contribution in [2.45, 2.75) is 25.8 Å². The maximum atomic E-state index is 12.5. The van der Waals surface area contributed by atoms with E-state index in [2.05, 4.69) is 33.9 Å². The fourth-order valence-electron chi connectivity index (χ4n) is 3.57. The summed E-state index contributed by atoms with van der Waals surface area (Å²) in [7, 11) is 0. The van der Waals surface area contributed by atoms with Crippen LogP contribution in [0.4, 0.5) is 0 Å². The number of H-pyrrole nitrogens is 1. The lowest BCUT2D eigenvalue weighted by molar-refractivity contribution is -0.688. The molecule has 0 aliphatic heterocycles. The molecule has 0 spiro atoms. The molecule has 0 bridgehead atoms. The van der Waals surface area contributed by atoms with E-state index in [1.54, 1.807) is 11.3 Å². The molecule has 0 radical (unpaired) electrons. The van der Waals surface area contributed by atoms with Gasteiger partial charge < -0.3 is 4.98 Å². The number of rotatable bonds is 2. The van der Waals surface area contributed by atoms with E-state index in [0.29, 0.717) is 12.4 Å². The normalized spacial score (nSPS) is 13.7. The van der Waals surface area contributed by atoms with E-state index in [1.807, 2.05) is 18.3 Å². The number of pyridine rings is 1. The van der Waals surface area contributed by atoms with Crippen LogP contribution in [0, 0.1) is 0 Å². The number of fused-ring (bicyclic) bond motifs is 4. The Kier molecular flexibility index (Phi) is 3.03. The minimum Gasteiger partial charge on any atom is -0.305 e. The predicted octanol–water partition coefficient (Wildman–Crippen LogP) is 2.96. The molecule has 0 unspecified atom stereocenters. The van der Waals surface area contributed by atoms with E-state index < -0.39 is 0 Å². The molecular formula is C19H16N3OS+. The highest BCUT2D eigenvalue weighted by molar-refractivity contribution is 7.18. The standard InChI is InChI=1S/C19H15N3OS/c23-18-17-14-6-3-7-15(14)24-19(17)21-16(20-18)11-22-9-8-12-4-1-2-5-13(12)10-22/h1-2,4-5,8-10H,3,6-7,11H2/p+1. The topological polar surface area (TPSA) is 49.6 Å². The Balaban J connectivity index is 1.57. The Labute approximate surface area is 142 Å². The van der Waals surface area contributed by atoms with Gasteiger partial charge in [0.2, 0.25) is 6.54 Å². The van der Waals surface area contributed by atoms with Gasteiger partial charge in [-0.15, -0.1) is 11.3 Å². The van der Waals surface area contributed by atoms with Gasteiger partial charge in [0.1, 0.15) is 4.83 Å². The molecule has 24 heavy (non-hydrogen) atoms. The van der Waals surface area contributed by atoms with Crippen LogP contribution < -0.4 is 10.1 Å². The Morgan fingerprint density at radius 3 is 2.96 bits per heavy atom. The first-order chi connectivity index (χ1) is 11.8. The summed E-state index contributed by atoms with van der Waals surface area (Å²) in [5.74, 6) is 0.715. The molecule has 5 heteroatoms. The fourth-order valence-corrected chi connectivity index (χ4v) is 4.85. The van der Waals surface area contributed by atoms with Crippen molar-refractivity contribution in [3.8, 4) is 0 Å². The number of nitrogens with zero attached hydrogens (tertiary/aromatic N) is 2. The van der Waals surface area contributed by atoms with Crippen molar-refractivity contribution >= 4 is 32.3 Å². The number of thiophene rings is 1. The van der Waals surface area contributed by atoms with Gasteiger partial charge in [0.25, 0.3) is 5.56 Å². The number of hydrogen-bond donors (Lipinski definition) is 1. The maximum Gasteiger partial charge on any atom is 0.260 e. The molecule has 3 aromatic heterocycles. The van der Waals surface area contributed by atoms with Crippen LogP contribution in [0.5, 0.6) is 0 Å². The van der Waals surface area contributed by atoms with Crippen molar-refractivity contribution in [1.29, 1.82) is 0 Å². The molecule has 1 aliphatic rings. The molecule has 4 aromatic rings. The van der Waals surface area contributed by atoms with Gasteiger partial charge in [-0.25, -0.2) is 4.98 Å². The summed E-state index contributed by atoms with van der Waals surface area (Å²) in [5, 5.41) is 3.21. The number of benzene rings is 1. The van der Waals surface area contributed by atoms with Gasteiger partial charge in [-0.2, -0.15) is 4.57 Å². The van der Waals surface area contributed by atoms with Crippen molar-refractivity contribution in [2.24, 2.45) is 0 Å². The molecule has 0 atom stereocenters. The summed E-state index contributed by atoms with van der Waals surface area (Å²) in [6, 6.07) is 10.3. The van der Waals surface area contributed by atoms with Gasteiger partial charge in [0.05, 0.1) is 5.39 Å². The summed E-state index contributed by atoms with van der Waals surface area (Å²) >= 11 is 1.69. The molecule has 0 saturated carbocycles. The zero-order chi connectivity index (χ0) is 16.1. The molecular weight excluding hydrogens is 318 g/mol. The third kappa shape index (κ3) is 2.16. The van der Waals surface area contributed by atoms with Gasteiger partial charge in [-0.05, 0) is 36.3 Å². The van der Waals surface area contributed by atoms with Crippen molar-refractivity contribution in [3.05, 3.63) is 69.3 Å². The zero-order valence-corrected chi connectivity index (χ0v) is 13.9. The highest BCUT2D eigenvalue weighted by atomic mass is 32.1. The summed E-state index contributed by atoms with van der Waals surface area (Å²) in [5.41, 5.74) is 1.24. The van der Waals surface area contributed by atoms with Crippen LogP contribution in [0.3, 0.4) is 0 Å². The second-order valence-corrected chi connectivity index (χ2v) is 7.38. The molecule has 118 valence electrons. The van der Waals surface area contributed by atoms with Crippen LogP contribution in [-0.2, 0) is 19.4 Å². The molecule has 0 amide bonds. The Hall–Kier alpha value is -2.53. The van der Waals surface area contributed by atoms with E-state index >= 15 is 0 Å². The second kappa shape index (κ2) is 5.24. The fraction of sp³-hybridized carbons (Fsp3) is 0.211. The third-order valence-electron chi connectivity index (χ3n) is 4.70. The van der Waals surface area contributed by atoms with Gasteiger partial charge in [-0.3, -0.25) is 4.79 Å². The van der Waals surface area contributed by atoms with Gasteiger partial charge in [0.15, 0.2) is 18.2 Å². The van der Waals surface area contributed by atoms with Crippen LogP contribution in [0.1, 0.15) is 22.7 Å². The lowest BCUT2D eigenvalue weighted by Crippen LogP contribution is -2.35. The van der Waals surface area contributed by atoms with Gasteiger partial charge >= 0.3 is 0 Å². The Morgan fingerprint density at radius 1 is 1.17 bits per heavy atom.